The summed E-state index contributed by atoms with van der Waals surface area (Å²) in [5.74, 6) is 0. The van der Waals surface area contributed by atoms with Crippen LogP contribution in [0.5, 0.6) is 0 Å². The van der Waals surface area contributed by atoms with Crippen LogP contribution >= 0.6 is 0 Å². The molecule has 0 aliphatic rings. The zero-order chi connectivity index (χ0) is 13.0. The van der Waals surface area contributed by atoms with Crippen molar-refractivity contribution >= 4 is 0 Å². The van der Waals surface area contributed by atoms with Crippen molar-refractivity contribution in [1.82, 2.24) is 15.1 Å². The Morgan fingerprint density at radius 2 is 1.89 bits per heavy atom. The first-order valence-corrected chi connectivity index (χ1v) is 6.49. The molecule has 0 fully saturated rings. The van der Waals surface area contributed by atoms with Crippen molar-refractivity contribution in [3.8, 4) is 0 Å². The number of hydrogen-bond donors (Lipinski definition) is 1. The maximum absolute atomic E-state index is 4.42. The average molecular weight is 243 g/mol. The van der Waals surface area contributed by atoms with Crippen molar-refractivity contribution < 1.29 is 0 Å². The van der Waals surface area contributed by atoms with Gasteiger partial charge in [-0.15, -0.1) is 0 Å². The quantitative estimate of drug-likeness (QED) is 0.875. The number of nitrogens with zero attached hydrogens (tertiary/aromatic N) is 2. The Balaban J connectivity index is 2.21. The topological polar surface area (TPSA) is 29.9 Å². The van der Waals surface area contributed by atoms with Gasteiger partial charge in [-0.2, -0.15) is 5.10 Å². The molecule has 96 valence electrons. The van der Waals surface area contributed by atoms with Crippen LogP contribution in [0.4, 0.5) is 0 Å². The SMILES string of the molecule is CCNCc1ccnn1Cc1c(C)cccc1C. The van der Waals surface area contributed by atoms with Crippen LogP contribution in [0.2, 0.25) is 0 Å². The highest BCUT2D eigenvalue weighted by Gasteiger charge is 2.06. The van der Waals surface area contributed by atoms with E-state index in [-0.39, 0.29) is 0 Å². The van der Waals surface area contributed by atoms with E-state index in [2.05, 4.69) is 60.1 Å². The van der Waals surface area contributed by atoms with Crippen LogP contribution in [0.1, 0.15) is 29.3 Å². The Bertz CT molecular complexity index is 494. The summed E-state index contributed by atoms with van der Waals surface area (Å²) in [4.78, 5) is 0. The summed E-state index contributed by atoms with van der Waals surface area (Å²) >= 11 is 0. The summed E-state index contributed by atoms with van der Waals surface area (Å²) in [7, 11) is 0. The van der Waals surface area contributed by atoms with Crippen LogP contribution in [0.15, 0.2) is 30.5 Å². The Hall–Kier alpha value is -1.61. The number of hydrogen-bond acceptors (Lipinski definition) is 2. The van der Waals surface area contributed by atoms with Gasteiger partial charge in [-0.1, -0.05) is 25.1 Å². The third-order valence-corrected chi connectivity index (χ3v) is 3.31. The van der Waals surface area contributed by atoms with Crippen LogP contribution in [-0.2, 0) is 13.1 Å². The molecule has 0 radical (unpaired) electrons. The third kappa shape index (κ3) is 2.79. The van der Waals surface area contributed by atoms with E-state index in [1.165, 1.54) is 22.4 Å². The molecule has 18 heavy (non-hydrogen) atoms. The minimum Gasteiger partial charge on any atom is -0.311 e. The molecular weight excluding hydrogens is 222 g/mol. The van der Waals surface area contributed by atoms with Crippen molar-refractivity contribution in [2.45, 2.75) is 33.9 Å². The van der Waals surface area contributed by atoms with Crippen LogP contribution in [0.3, 0.4) is 0 Å². The zero-order valence-corrected chi connectivity index (χ0v) is 11.4. The summed E-state index contributed by atoms with van der Waals surface area (Å²) in [6, 6.07) is 8.51. The van der Waals surface area contributed by atoms with Crippen molar-refractivity contribution in [2.24, 2.45) is 0 Å². The third-order valence-electron chi connectivity index (χ3n) is 3.31. The van der Waals surface area contributed by atoms with Gasteiger partial charge < -0.3 is 5.32 Å². The van der Waals surface area contributed by atoms with Gasteiger partial charge in [0, 0.05) is 12.7 Å². The highest BCUT2D eigenvalue weighted by molar-refractivity contribution is 5.33. The molecule has 0 saturated heterocycles. The molecule has 0 aliphatic heterocycles. The summed E-state index contributed by atoms with van der Waals surface area (Å²) in [5, 5.41) is 7.77. The fourth-order valence-corrected chi connectivity index (χ4v) is 2.15. The minimum atomic E-state index is 0.853. The number of aryl methyl sites for hydroxylation is 2. The largest absolute Gasteiger partial charge is 0.311 e. The molecule has 2 aromatic rings. The molecule has 2 rings (SSSR count). The van der Waals surface area contributed by atoms with Crippen LogP contribution in [-0.4, -0.2) is 16.3 Å². The van der Waals surface area contributed by atoms with Crippen molar-refractivity contribution in [1.29, 1.82) is 0 Å². The molecule has 1 aromatic carbocycles. The van der Waals surface area contributed by atoms with Gasteiger partial charge in [-0.3, -0.25) is 4.68 Å². The van der Waals surface area contributed by atoms with Gasteiger partial charge in [-0.05, 0) is 43.1 Å². The second kappa shape index (κ2) is 5.83. The van der Waals surface area contributed by atoms with E-state index >= 15 is 0 Å². The van der Waals surface area contributed by atoms with E-state index in [9.17, 15) is 0 Å². The first kappa shape index (κ1) is 12.8. The molecule has 0 spiro atoms. The Kier molecular flexibility index (Phi) is 4.15. The number of aromatic nitrogens is 2. The average Bonchev–Trinajstić information content (AvgIpc) is 2.79. The van der Waals surface area contributed by atoms with E-state index in [1.807, 2.05) is 6.20 Å². The first-order chi connectivity index (χ1) is 8.72. The van der Waals surface area contributed by atoms with Crippen LogP contribution in [0.25, 0.3) is 0 Å². The fraction of sp³-hybridized carbons (Fsp3) is 0.400. The first-order valence-electron chi connectivity index (χ1n) is 6.49. The minimum absolute atomic E-state index is 0.853. The number of rotatable bonds is 5. The molecule has 0 atom stereocenters. The van der Waals surface area contributed by atoms with E-state index in [0.717, 1.165) is 19.6 Å². The molecule has 0 amide bonds. The smallest absolute Gasteiger partial charge is 0.0668 e. The summed E-state index contributed by atoms with van der Waals surface area (Å²) in [5.41, 5.74) is 5.28. The Labute approximate surface area is 109 Å². The van der Waals surface area contributed by atoms with Crippen LogP contribution in [0, 0.1) is 13.8 Å². The lowest BCUT2D eigenvalue weighted by atomic mass is 10.0. The highest BCUT2D eigenvalue weighted by Crippen LogP contribution is 2.15. The lowest BCUT2D eigenvalue weighted by molar-refractivity contribution is 0.603. The van der Waals surface area contributed by atoms with Crippen molar-refractivity contribution in [3.63, 3.8) is 0 Å². The summed E-state index contributed by atoms with van der Waals surface area (Å²) in [6.07, 6.45) is 1.88. The molecule has 3 heteroatoms. The lowest BCUT2D eigenvalue weighted by Gasteiger charge is -2.12. The second-order valence-corrected chi connectivity index (χ2v) is 4.63. The van der Waals surface area contributed by atoms with Gasteiger partial charge in [0.15, 0.2) is 0 Å². The van der Waals surface area contributed by atoms with Gasteiger partial charge in [0.25, 0.3) is 0 Å². The molecule has 1 heterocycles. The summed E-state index contributed by atoms with van der Waals surface area (Å²) in [6.45, 7) is 9.15. The van der Waals surface area contributed by atoms with E-state index in [0.29, 0.717) is 0 Å². The van der Waals surface area contributed by atoms with E-state index in [4.69, 9.17) is 0 Å². The number of nitrogens with one attached hydrogen (secondary N) is 1. The zero-order valence-electron chi connectivity index (χ0n) is 11.4. The Morgan fingerprint density at radius 1 is 1.17 bits per heavy atom. The molecule has 0 unspecified atom stereocenters. The summed E-state index contributed by atoms with van der Waals surface area (Å²) < 4.78 is 2.08. The fourth-order valence-electron chi connectivity index (χ4n) is 2.15. The van der Waals surface area contributed by atoms with Gasteiger partial charge >= 0.3 is 0 Å². The van der Waals surface area contributed by atoms with Crippen molar-refractivity contribution in [2.75, 3.05) is 6.54 Å². The molecule has 0 aliphatic carbocycles. The van der Waals surface area contributed by atoms with E-state index in [1.54, 1.807) is 0 Å². The van der Waals surface area contributed by atoms with Crippen LogP contribution < -0.4 is 5.32 Å². The van der Waals surface area contributed by atoms with Crippen molar-refractivity contribution in [3.05, 3.63) is 52.8 Å². The molecular formula is C15H21N3. The maximum Gasteiger partial charge on any atom is 0.0668 e. The second-order valence-electron chi connectivity index (χ2n) is 4.63. The van der Waals surface area contributed by atoms with E-state index < -0.39 is 0 Å². The van der Waals surface area contributed by atoms with Gasteiger partial charge in [0.1, 0.15) is 0 Å². The predicted molar refractivity (Wildman–Crippen MR) is 74.6 cm³/mol. The van der Waals surface area contributed by atoms with Gasteiger partial charge in [0.2, 0.25) is 0 Å². The molecule has 1 aromatic heterocycles. The highest BCUT2D eigenvalue weighted by atomic mass is 15.3. The predicted octanol–water partition coefficient (Wildman–Crippen LogP) is 2.66. The number of benzene rings is 1. The normalized spacial score (nSPS) is 10.8. The molecule has 0 bridgehead atoms. The molecule has 1 N–H and O–H groups in total. The monoisotopic (exact) mass is 243 g/mol. The lowest BCUT2D eigenvalue weighted by Crippen LogP contribution is -2.17. The standard InChI is InChI=1S/C15H21N3/c1-4-16-10-14-8-9-17-18(14)11-15-12(2)6-5-7-13(15)3/h5-9,16H,4,10-11H2,1-3H3. The van der Waals surface area contributed by atoms with Gasteiger partial charge in [0.05, 0.1) is 12.2 Å². The molecule has 3 nitrogen and oxygen atoms in total. The molecule has 0 saturated carbocycles. The van der Waals surface area contributed by atoms with Gasteiger partial charge in [-0.25, -0.2) is 0 Å². The maximum atomic E-state index is 4.42. The Morgan fingerprint density at radius 3 is 2.56 bits per heavy atom.